The molecule has 3 unspecified atom stereocenters. The normalized spacial score (nSPS) is 36.4. The summed E-state index contributed by atoms with van der Waals surface area (Å²) in [4.78, 5) is 11.3. The second-order valence-electron chi connectivity index (χ2n) is 5.03. The van der Waals surface area contributed by atoms with Gasteiger partial charge in [0, 0.05) is 17.9 Å². The maximum atomic E-state index is 11.3. The summed E-state index contributed by atoms with van der Waals surface area (Å²) in [5.74, 6) is -0.362. The lowest BCUT2D eigenvalue weighted by Gasteiger charge is -2.27. The Morgan fingerprint density at radius 3 is 2.94 bits per heavy atom. The van der Waals surface area contributed by atoms with Crippen molar-refractivity contribution < 1.29 is 19.0 Å². The highest BCUT2D eigenvalue weighted by molar-refractivity contribution is 5.86. The van der Waals surface area contributed by atoms with Crippen molar-refractivity contribution in [1.82, 2.24) is 0 Å². The summed E-state index contributed by atoms with van der Waals surface area (Å²) in [6, 6.07) is 0. The Bertz CT molecular complexity index is 325. The third-order valence-corrected chi connectivity index (χ3v) is 3.54. The average molecular weight is 240 g/mol. The zero-order valence-corrected chi connectivity index (χ0v) is 10.5. The molecule has 1 saturated heterocycles. The van der Waals surface area contributed by atoms with Crippen molar-refractivity contribution in [2.75, 3.05) is 13.2 Å². The van der Waals surface area contributed by atoms with Crippen LogP contribution in [0.15, 0.2) is 12.2 Å². The predicted molar refractivity (Wildman–Crippen MR) is 62.3 cm³/mol. The fourth-order valence-corrected chi connectivity index (χ4v) is 2.47. The Kier molecular flexibility index (Phi) is 3.54. The van der Waals surface area contributed by atoms with Gasteiger partial charge in [-0.3, -0.25) is 0 Å². The van der Waals surface area contributed by atoms with Gasteiger partial charge in [0.15, 0.2) is 5.79 Å². The Balaban J connectivity index is 1.82. The number of hydrogen-bond donors (Lipinski definition) is 0. The van der Waals surface area contributed by atoms with Crippen molar-refractivity contribution >= 4 is 5.97 Å². The Morgan fingerprint density at radius 1 is 1.59 bits per heavy atom. The molecule has 0 bridgehead atoms. The summed E-state index contributed by atoms with van der Waals surface area (Å²) in [7, 11) is 0. The molecular weight excluding hydrogens is 220 g/mol. The molecule has 2 fully saturated rings. The Labute approximate surface area is 102 Å². The molecule has 1 aliphatic carbocycles. The molecule has 2 rings (SSSR count). The standard InChI is InChI=1S/C13H20O4/c1-9(2)12(14)15-7-11-8-16-13(17-11)6-4-5-10(13)3/h10-11H,1,4-8H2,2-3H3. The molecule has 17 heavy (non-hydrogen) atoms. The van der Waals surface area contributed by atoms with Crippen LogP contribution in [0.3, 0.4) is 0 Å². The first-order chi connectivity index (χ1) is 8.03. The molecule has 0 aromatic heterocycles. The second-order valence-corrected chi connectivity index (χ2v) is 5.03. The van der Waals surface area contributed by atoms with Crippen LogP contribution in [0.1, 0.15) is 33.1 Å². The number of rotatable bonds is 3. The highest BCUT2D eigenvalue weighted by Crippen LogP contribution is 2.43. The van der Waals surface area contributed by atoms with E-state index in [1.807, 2.05) is 0 Å². The van der Waals surface area contributed by atoms with Crippen LogP contribution in [0, 0.1) is 5.92 Å². The van der Waals surface area contributed by atoms with Crippen LogP contribution in [0.5, 0.6) is 0 Å². The molecule has 96 valence electrons. The maximum absolute atomic E-state index is 11.3. The zero-order chi connectivity index (χ0) is 12.5. The van der Waals surface area contributed by atoms with E-state index in [0.717, 1.165) is 19.3 Å². The molecule has 1 spiro atoms. The van der Waals surface area contributed by atoms with Crippen molar-refractivity contribution in [1.29, 1.82) is 0 Å². The molecule has 4 heteroatoms. The fourth-order valence-electron chi connectivity index (χ4n) is 2.47. The summed E-state index contributed by atoms with van der Waals surface area (Å²) in [5.41, 5.74) is 0.410. The van der Waals surface area contributed by atoms with E-state index in [4.69, 9.17) is 14.2 Å². The van der Waals surface area contributed by atoms with Gasteiger partial charge in [0.1, 0.15) is 12.7 Å². The minimum Gasteiger partial charge on any atom is -0.459 e. The van der Waals surface area contributed by atoms with Gasteiger partial charge in [-0.05, 0) is 19.8 Å². The number of carbonyl (C=O) groups excluding carboxylic acids is 1. The van der Waals surface area contributed by atoms with Crippen LogP contribution in [-0.2, 0) is 19.0 Å². The summed E-state index contributed by atoms with van der Waals surface area (Å²) < 4.78 is 16.8. The molecule has 1 saturated carbocycles. The molecule has 0 aromatic carbocycles. The number of esters is 1. The molecule has 2 aliphatic rings. The second kappa shape index (κ2) is 4.78. The number of hydrogen-bond acceptors (Lipinski definition) is 4. The van der Waals surface area contributed by atoms with E-state index in [0.29, 0.717) is 18.1 Å². The zero-order valence-electron chi connectivity index (χ0n) is 10.5. The van der Waals surface area contributed by atoms with Crippen LogP contribution >= 0.6 is 0 Å². The van der Waals surface area contributed by atoms with Crippen molar-refractivity contribution in [3.05, 3.63) is 12.2 Å². The van der Waals surface area contributed by atoms with E-state index in [2.05, 4.69) is 13.5 Å². The van der Waals surface area contributed by atoms with Crippen molar-refractivity contribution in [3.8, 4) is 0 Å². The summed E-state index contributed by atoms with van der Waals surface area (Å²) >= 11 is 0. The van der Waals surface area contributed by atoms with E-state index in [9.17, 15) is 4.79 Å². The SMILES string of the molecule is C=C(C)C(=O)OCC1COC2(CCCC2C)O1. The molecule has 1 aliphatic heterocycles. The Morgan fingerprint density at radius 2 is 2.35 bits per heavy atom. The van der Waals surface area contributed by atoms with Gasteiger partial charge in [-0.25, -0.2) is 4.79 Å². The number of ether oxygens (including phenoxy) is 3. The fraction of sp³-hybridized carbons (Fsp3) is 0.769. The topological polar surface area (TPSA) is 44.8 Å². The van der Waals surface area contributed by atoms with Gasteiger partial charge in [-0.2, -0.15) is 0 Å². The third-order valence-electron chi connectivity index (χ3n) is 3.54. The highest BCUT2D eigenvalue weighted by Gasteiger charge is 2.48. The summed E-state index contributed by atoms with van der Waals surface area (Å²) in [6.45, 7) is 8.08. The van der Waals surface area contributed by atoms with Gasteiger partial charge >= 0.3 is 5.97 Å². The van der Waals surface area contributed by atoms with Crippen LogP contribution in [0.2, 0.25) is 0 Å². The quantitative estimate of drug-likeness (QED) is 0.559. The first kappa shape index (κ1) is 12.6. The van der Waals surface area contributed by atoms with Crippen LogP contribution in [0.4, 0.5) is 0 Å². The van der Waals surface area contributed by atoms with E-state index in [1.54, 1.807) is 6.92 Å². The first-order valence-electron chi connectivity index (χ1n) is 6.18. The van der Waals surface area contributed by atoms with Crippen LogP contribution in [0.25, 0.3) is 0 Å². The average Bonchev–Trinajstić information content (AvgIpc) is 2.85. The Hall–Kier alpha value is -0.870. The third kappa shape index (κ3) is 2.53. The molecule has 3 atom stereocenters. The molecule has 0 aromatic rings. The van der Waals surface area contributed by atoms with E-state index in [-0.39, 0.29) is 18.7 Å². The first-order valence-corrected chi connectivity index (χ1v) is 6.18. The van der Waals surface area contributed by atoms with E-state index in [1.165, 1.54) is 0 Å². The highest BCUT2D eigenvalue weighted by atomic mass is 16.8. The van der Waals surface area contributed by atoms with E-state index < -0.39 is 5.79 Å². The molecule has 1 heterocycles. The van der Waals surface area contributed by atoms with Gasteiger partial charge in [-0.1, -0.05) is 13.5 Å². The molecule has 0 radical (unpaired) electrons. The molecular formula is C13H20O4. The lowest BCUT2D eigenvalue weighted by Crippen LogP contribution is -2.34. The largest absolute Gasteiger partial charge is 0.459 e. The maximum Gasteiger partial charge on any atom is 0.333 e. The van der Waals surface area contributed by atoms with Crippen molar-refractivity contribution in [2.45, 2.75) is 45.0 Å². The smallest absolute Gasteiger partial charge is 0.333 e. The van der Waals surface area contributed by atoms with Crippen LogP contribution in [-0.4, -0.2) is 31.1 Å². The van der Waals surface area contributed by atoms with Gasteiger partial charge in [0.2, 0.25) is 0 Å². The summed E-state index contributed by atoms with van der Waals surface area (Å²) in [6.07, 6.45) is 3.08. The minimum absolute atomic E-state index is 0.140. The molecule has 0 amide bonds. The van der Waals surface area contributed by atoms with Gasteiger partial charge < -0.3 is 14.2 Å². The molecule has 4 nitrogen and oxygen atoms in total. The van der Waals surface area contributed by atoms with Gasteiger partial charge in [0.25, 0.3) is 0 Å². The van der Waals surface area contributed by atoms with Crippen LogP contribution < -0.4 is 0 Å². The van der Waals surface area contributed by atoms with Gasteiger partial charge in [-0.15, -0.1) is 0 Å². The lowest BCUT2D eigenvalue weighted by atomic mass is 10.1. The predicted octanol–water partition coefficient (Wildman–Crippen LogP) is 2.04. The lowest BCUT2D eigenvalue weighted by molar-refractivity contribution is -0.192. The van der Waals surface area contributed by atoms with E-state index >= 15 is 0 Å². The minimum atomic E-state index is -0.416. The van der Waals surface area contributed by atoms with Crippen molar-refractivity contribution in [3.63, 3.8) is 0 Å². The van der Waals surface area contributed by atoms with Gasteiger partial charge in [0.05, 0.1) is 6.61 Å². The monoisotopic (exact) mass is 240 g/mol. The molecule has 0 N–H and O–H groups in total. The summed E-state index contributed by atoms with van der Waals surface area (Å²) in [5, 5.41) is 0. The number of carbonyl (C=O) groups is 1. The van der Waals surface area contributed by atoms with Crippen molar-refractivity contribution in [2.24, 2.45) is 5.92 Å².